The van der Waals surface area contributed by atoms with E-state index in [0.717, 1.165) is 18.2 Å². The second-order valence-electron chi connectivity index (χ2n) is 2.86. The van der Waals surface area contributed by atoms with E-state index in [1.165, 1.54) is 18.1 Å². The number of thioether (sulfide) groups is 1. The van der Waals surface area contributed by atoms with E-state index in [0.29, 0.717) is 15.8 Å². The lowest BCUT2D eigenvalue weighted by Gasteiger charge is -2.11. The van der Waals surface area contributed by atoms with E-state index in [1.807, 2.05) is 6.92 Å². The maximum atomic E-state index is 11.7. The van der Waals surface area contributed by atoms with Crippen LogP contribution < -0.4 is 0 Å². The van der Waals surface area contributed by atoms with Gasteiger partial charge in [-0.05, 0) is 6.42 Å². The Morgan fingerprint density at radius 1 is 1.67 bits per heavy atom. The zero-order valence-electron chi connectivity index (χ0n) is 8.48. The van der Waals surface area contributed by atoms with E-state index in [9.17, 15) is 9.59 Å². The highest BCUT2D eigenvalue weighted by Crippen LogP contribution is 2.30. The predicted octanol–water partition coefficient (Wildman–Crippen LogP) is 1.31. The highest BCUT2D eigenvalue weighted by molar-refractivity contribution is 8.26. The number of hydrogen-bond donors (Lipinski definition) is 0. The molecule has 0 aromatic heterocycles. The zero-order chi connectivity index (χ0) is 11.4. The van der Waals surface area contributed by atoms with Gasteiger partial charge in [0, 0.05) is 12.6 Å². The number of rotatable bonds is 3. The molecule has 0 aromatic carbocycles. The summed E-state index contributed by atoms with van der Waals surface area (Å²) >= 11 is 6.16. The van der Waals surface area contributed by atoms with Crippen molar-refractivity contribution in [2.75, 3.05) is 13.7 Å². The molecule has 1 aliphatic heterocycles. The Kier molecular flexibility index (Phi) is 4.28. The molecule has 1 heterocycles. The largest absolute Gasteiger partial charge is 0.466 e. The molecule has 0 aromatic rings. The summed E-state index contributed by atoms with van der Waals surface area (Å²) < 4.78 is 4.95. The number of amides is 1. The van der Waals surface area contributed by atoms with Crippen molar-refractivity contribution in [1.29, 1.82) is 0 Å². The molecular formula is C9H11NO3S2. The van der Waals surface area contributed by atoms with Gasteiger partial charge in [0.15, 0.2) is 0 Å². The smallest absolute Gasteiger partial charge is 0.331 e. The molecule has 1 rings (SSSR count). The lowest BCUT2D eigenvalue weighted by molar-refractivity contribution is -0.135. The summed E-state index contributed by atoms with van der Waals surface area (Å²) in [4.78, 5) is 24.5. The van der Waals surface area contributed by atoms with E-state index in [1.54, 1.807) is 0 Å². The second kappa shape index (κ2) is 5.27. The van der Waals surface area contributed by atoms with Crippen molar-refractivity contribution in [1.82, 2.24) is 4.90 Å². The predicted molar refractivity (Wildman–Crippen MR) is 62.3 cm³/mol. The Labute approximate surface area is 97.6 Å². The fraction of sp³-hybridized carbons (Fsp3) is 0.444. The monoisotopic (exact) mass is 245 g/mol. The maximum Gasteiger partial charge on any atom is 0.331 e. The van der Waals surface area contributed by atoms with Crippen LogP contribution in [0, 0.1) is 0 Å². The molecule has 0 spiro atoms. The van der Waals surface area contributed by atoms with Crippen molar-refractivity contribution in [3.8, 4) is 0 Å². The molecule has 0 atom stereocenters. The van der Waals surface area contributed by atoms with Gasteiger partial charge in [-0.2, -0.15) is 0 Å². The third kappa shape index (κ3) is 2.79. The average molecular weight is 245 g/mol. The first-order valence-corrected chi connectivity index (χ1v) is 5.66. The van der Waals surface area contributed by atoms with Crippen LogP contribution in [-0.2, 0) is 14.3 Å². The standard InChI is InChI=1S/C9H11NO3S2/c1-3-4-10-8(12)6(15-9(10)14)5-7(11)13-2/h5H,3-4H2,1-2H3/b6-5-. The number of thiocarbonyl (C=S) groups is 1. The quantitative estimate of drug-likeness (QED) is 0.426. The molecule has 15 heavy (non-hydrogen) atoms. The summed E-state index contributed by atoms with van der Waals surface area (Å²) in [6.45, 7) is 2.55. The molecule has 1 amide bonds. The van der Waals surface area contributed by atoms with Crippen LogP contribution in [-0.4, -0.2) is 34.8 Å². The van der Waals surface area contributed by atoms with Crippen LogP contribution in [0.5, 0.6) is 0 Å². The lowest BCUT2D eigenvalue weighted by atomic mass is 10.4. The molecule has 0 aliphatic carbocycles. The SMILES string of the molecule is CCCN1C(=O)/C(=C/C(=O)OC)SC1=S. The number of methoxy groups -OCH3 is 1. The molecular weight excluding hydrogens is 234 g/mol. The molecule has 1 saturated heterocycles. The van der Waals surface area contributed by atoms with Crippen molar-refractivity contribution in [2.24, 2.45) is 0 Å². The van der Waals surface area contributed by atoms with Crippen LogP contribution in [0.1, 0.15) is 13.3 Å². The first kappa shape index (κ1) is 12.2. The highest BCUT2D eigenvalue weighted by atomic mass is 32.2. The van der Waals surface area contributed by atoms with E-state index >= 15 is 0 Å². The van der Waals surface area contributed by atoms with Crippen molar-refractivity contribution in [3.05, 3.63) is 11.0 Å². The van der Waals surface area contributed by atoms with Gasteiger partial charge in [0.2, 0.25) is 0 Å². The second-order valence-corrected chi connectivity index (χ2v) is 4.53. The van der Waals surface area contributed by atoms with Gasteiger partial charge in [-0.25, -0.2) is 4.79 Å². The van der Waals surface area contributed by atoms with Gasteiger partial charge in [-0.3, -0.25) is 9.69 Å². The molecule has 0 saturated carbocycles. The molecule has 0 N–H and O–H groups in total. The molecule has 82 valence electrons. The van der Waals surface area contributed by atoms with Crippen LogP contribution >= 0.6 is 24.0 Å². The fourth-order valence-electron chi connectivity index (χ4n) is 1.08. The van der Waals surface area contributed by atoms with Crippen molar-refractivity contribution in [3.63, 3.8) is 0 Å². The summed E-state index contributed by atoms with van der Waals surface area (Å²) in [6, 6.07) is 0. The Bertz CT molecular complexity index is 338. The summed E-state index contributed by atoms with van der Waals surface area (Å²) in [6.07, 6.45) is 2.01. The van der Waals surface area contributed by atoms with Crippen molar-refractivity contribution in [2.45, 2.75) is 13.3 Å². The maximum absolute atomic E-state index is 11.7. The third-order valence-corrected chi connectivity index (χ3v) is 3.15. The Morgan fingerprint density at radius 2 is 2.33 bits per heavy atom. The minimum absolute atomic E-state index is 0.211. The number of ether oxygens (including phenoxy) is 1. The molecule has 4 nitrogen and oxygen atoms in total. The summed E-state index contributed by atoms with van der Waals surface area (Å²) in [5.74, 6) is -0.746. The van der Waals surface area contributed by atoms with E-state index in [2.05, 4.69) is 4.74 Å². The lowest BCUT2D eigenvalue weighted by Crippen LogP contribution is -2.28. The topological polar surface area (TPSA) is 46.6 Å². The van der Waals surface area contributed by atoms with Gasteiger partial charge in [-0.15, -0.1) is 0 Å². The van der Waals surface area contributed by atoms with Crippen LogP contribution in [0.15, 0.2) is 11.0 Å². The number of esters is 1. The van der Waals surface area contributed by atoms with Gasteiger partial charge >= 0.3 is 5.97 Å². The summed E-state index contributed by atoms with van der Waals surface area (Å²) in [7, 11) is 1.27. The summed E-state index contributed by atoms with van der Waals surface area (Å²) in [5, 5.41) is 0. The normalized spacial score (nSPS) is 18.8. The van der Waals surface area contributed by atoms with E-state index < -0.39 is 5.97 Å². The number of carbonyl (C=O) groups excluding carboxylic acids is 2. The minimum Gasteiger partial charge on any atom is -0.466 e. The van der Waals surface area contributed by atoms with Gasteiger partial charge < -0.3 is 4.74 Å². The number of hydrogen-bond acceptors (Lipinski definition) is 5. The van der Waals surface area contributed by atoms with Gasteiger partial charge in [0.25, 0.3) is 5.91 Å². The Balaban J connectivity index is 2.81. The molecule has 0 bridgehead atoms. The molecule has 0 radical (unpaired) electrons. The molecule has 1 aliphatic rings. The first-order chi connectivity index (χ1) is 7.10. The molecule has 6 heteroatoms. The van der Waals surface area contributed by atoms with Crippen LogP contribution in [0.4, 0.5) is 0 Å². The number of nitrogens with zero attached hydrogens (tertiary/aromatic N) is 1. The average Bonchev–Trinajstić information content (AvgIpc) is 2.46. The van der Waals surface area contributed by atoms with E-state index in [-0.39, 0.29) is 5.91 Å². The highest BCUT2D eigenvalue weighted by Gasteiger charge is 2.31. The van der Waals surface area contributed by atoms with Crippen LogP contribution in [0.25, 0.3) is 0 Å². The fourth-order valence-corrected chi connectivity index (χ4v) is 2.35. The Morgan fingerprint density at radius 3 is 2.87 bits per heavy atom. The van der Waals surface area contributed by atoms with Gasteiger partial charge in [0.1, 0.15) is 4.32 Å². The zero-order valence-corrected chi connectivity index (χ0v) is 10.1. The van der Waals surface area contributed by atoms with Crippen LogP contribution in [0.2, 0.25) is 0 Å². The van der Waals surface area contributed by atoms with E-state index in [4.69, 9.17) is 12.2 Å². The van der Waals surface area contributed by atoms with Crippen molar-refractivity contribution < 1.29 is 14.3 Å². The molecule has 0 unspecified atom stereocenters. The molecule has 1 fully saturated rings. The van der Waals surface area contributed by atoms with Crippen LogP contribution in [0.3, 0.4) is 0 Å². The van der Waals surface area contributed by atoms with Gasteiger partial charge in [-0.1, -0.05) is 30.9 Å². The minimum atomic E-state index is -0.535. The Hall–Kier alpha value is -0.880. The first-order valence-electron chi connectivity index (χ1n) is 4.43. The summed E-state index contributed by atoms with van der Waals surface area (Å²) in [5.41, 5.74) is 0. The number of carbonyl (C=O) groups is 2. The third-order valence-electron chi connectivity index (χ3n) is 1.77. The van der Waals surface area contributed by atoms with Crippen molar-refractivity contribution >= 4 is 40.2 Å². The van der Waals surface area contributed by atoms with Gasteiger partial charge in [0.05, 0.1) is 12.0 Å².